The molecule has 0 aromatic heterocycles. The van der Waals surface area contributed by atoms with E-state index in [1.54, 1.807) is 7.11 Å². The number of hydrogen-bond acceptors (Lipinski definition) is 5. The minimum Gasteiger partial charge on any atom is -0.383 e. The Morgan fingerprint density at radius 2 is 1.90 bits per heavy atom. The van der Waals surface area contributed by atoms with Crippen molar-refractivity contribution < 1.29 is 4.74 Å². The number of thiocarbonyl (C=S) groups is 1. The Bertz CT molecular complexity index is 667. The molecule has 1 unspecified atom stereocenters. The fourth-order valence-electron chi connectivity index (χ4n) is 5.37. The largest absolute Gasteiger partial charge is 0.383 e. The van der Waals surface area contributed by atoms with Gasteiger partial charge in [-0.3, -0.25) is 9.80 Å². The average Bonchev–Trinajstić information content (AvgIpc) is 2.80. The van der Waals surface area contributed by atoms with Crippen molar-refractivity contribution in [3.63, 3.8) is 0 Å². The third-order valence-corrected chi connectivity index (χ3v) is 7.38. The fraction of sp³-hybridized carbons (Fsp3) is 0.696. The van der Waals surface area contributed by atoms with Crippen LogP contribution in [0.25, 0.3) is 0 Å². The maximum Gasteiger partial charge on any atom is 0.166 e. The lowest BCUT2D eigenvalue weighted by atomic mass is 9.75. The lowest BCUT2D eigenvalue weighted by molar-refractivity contribution is -0.0110. The van der Waals surface area contributed by atoms with Gasteiger partial charge in [0.05, 0.1) is 6.61 Å². The summed E-state index contributed by atoms with van der Waals surface area (Å²) in [4.78, 5) is 7.93. The van der Waals surface area contributed by atoms with Gasteiger partial charge >= 0.3 is 0 Å². The monoisotopic (exact) mass is 431 g/mol. The van der Waals surface area contributed by atoms with Gasteiger partial charge in [-0.2, -0.15) is 0 Å². The smallest absolute Gasteiger partial charge is 0.166 e. The van der Waals surface area contributed by atoms with Crippen LogP contribution in [0.2, 0.25) is 0 Å². The first-order chi connectivity index (χ1) is 14.7. The van der Waals surface area contributed by atoms with Crippen molar-refractivity contribution in [2.75, 3.05) is 77.5 Å². The third-order valence-electron chi connectivity index (χ3n) is 7.09. The fourth-order valence-corrected chi connectivity index (χ4v) is 5.55. The van der Waals surface area contributed by atoms with Crippen LogP contribution in [0.5, 0.6) is 0 Å². The minimum absolute atomic E-state index is 0.622. The first-order valence-electron chi connectivity index (χ1n) is 11.5. The van der Waals surface area contributed by atoms with E-state index in [0.717, 1.165) is 43.1 Å². The Morgan fingerprint density at radius 3 is 2.60 bits per heavy atom. The molecule has 0 aliphatic carbocycles. The molecular weight excluding hydrogens is 394 g/mol. The van der Waals surface area contributed by atoms with Crippen molar-refractivity contribution in [3.05, 3.63) is 30.3 Å². The van der Waals surface area contributed by atoms with Crippen molar-refractivity contribution in [3.8, 4) is 0 Å². The maximum atomic E-state index is 5.39. The zero-order valence-corrected chi connectivity index (χ0v) is 19.1. The maximum absolute atomic E-state index is 5.39. The van der Waals surface area contributed by atoms with E-state index in [1.807, 2.05) is 0 Å². The summed E-state index contributed by atoms with van der Waals surface area (Å²) in [6.45, 7) is 10.8. The Hall–Kier alpha value is -1.41. The van der Waals surface area contributed by atoms with Crippen molar-refractivity contribution in [2.45, 2.75) is 18.9 Å². The molecule has 4 saturated heterocycles. The molecule has 166 valence electrons. The molecule has 0 amide bonds. The number of piperazine rings is 1. The number of anilines is 1. The number of rotatable bonds is 8. The van der Waals surface area contributed by atoms with E-state index in [9.17, 15) is 0 Å². The predicted octanol–water partition coefficient (Wildman–Crippen LogP) is 1.63. The second-order valence-electron chi connectivity index (χ2n) is 8.95. The molecule has 0 saturated carbocycles. The average molecular weight is 432 g/mol. The second kappa shape index (κ2) is 10.8. The number of para-hydroxylation sites is 1. The SMILES string of the molecule is COCCNC(=S)NC[C@H]1C[C@H]2CCN1C[C@@H]2CN1CCN(c2ccccc2)CC1. The zero-order chi connectivity index (χ0) is 20.8. The van der Waals surface area contributed by atoms with Crippen LogP contribution in [-0.4, -0.2) is 93.6 Å². The van der Waals surface area contributed by atoms with Gasteiger partial charge in [0.2, 0.25) is 0 Å². The summed E-state index contributed by atoms with van der Waals surface area (Å²) >= 11 is 5.39. The third kappa shape index (κ3) is 5.63. The van der Waals surface area contributed by atoms with Gasteiger partial charge < -0.3 is 20.3 Å². The predicted molar refractivity (Wildman–Crippen MR) is 127 cm³/mol. The number of hydrogen-bond donors (Lipinski definition) is 2. The Morgan fingerprint density at radius 1 is 1.10 bits per heavy atom. The van der Waals surface area contributed by atoms with E-state index < -0.39 is 0 Å². The molecule has 6 nitrogen and oxygen atoms in total. The highest BCUT2D eigenvalue weighted by atomic mass is 32.1. The molecule has 4 atom stereocenters. The Labute approximate surface area is 186 Å². The summed E-state index contributed by atoms with van der Waals surface area (Å²) in [5.41, 5.74) is 1.37. The summed E-state index contributed by atoms with van der Waals surface area (Å²) in [5.74, 6) is 1.69. The number of nitrogens with one attached hydrogen (secondary N) is 2. The number of ether oxygens (including phenoxy) is 1. The summed E-state index contributed by atoms with van der Waals surface area (Å²) in [6.07, 6.45) is 2.67. The summed E-state index contributed by atoms with van der Waals surface area (Å²) in [7, 11) is 1.71. The zero-order valence-electron chi connectivity index (χ0n) is 18.3. The topological polar surface area (TPSA) is 43.0 Å². The lowest BCUT2D eigenvalue weighted by Gasteiger charge is -2.51. The highest BCUT2D eigenvalue weighted by Gasteiger charge is 2.40. The van der Waals surface area contributed by atoms with E-state index in [2.05, 4.69) is 55.7 Å². The molecule has 1 aromatic rings. The molecule has 5 rings (SSSR count). The van der Waals surface area contributed by atoms with E-state index in [-0.39, 0.29) is 0 Å². The summed E-state index contributed by atoms with van der Waals surface area (Å²) < 4.78 is 5.06. The molecule has 0 radical (unpaired) electrons. The van der Waals surface area contributed by atoms with Gasteiger partial charge in [0.25, 0.3) is 0 Å². The Kier molecular flexibility index (Phi) is 7.82. The van der Waals surface area contributed by atoms with E-state index in [0.29, 0.717) is 12.6 Å². The van der Waals surface area contributed by atoms with Gasteiger partial charge in [0.1, 0.15) is 0 Å². The quantitative estimate of drug-likeness (QED) is 0.479. The molecule has 7 heteroatoms. The van der Waals surface area contributed by atoms with Crippen molar-refractivity contribution >= 4 is 23.0 Å². The van der Waals surface area contributed by atoms with Gasteiger partial charge in [-0.25, -0.2) is 0 Å². The van der Waals surface area contributed by atoms with Crippen LogP contribution in [0.4, 0.5) is 5.69 Å². The first kappa shape index (κ1) is 21.8. The van der Waals surface area contributed by atoms with Crippen LogP contribution in [-0.2, 0) is 4.74 Å². The van der Waals surface area contributed by atoms with Gasteiger partial charge in [-0.1, -0.05) is 18.2 Å². The second-order valence-corrected chi connectivity index (χ2v) is 9.35. The minimum atomic E-state index is 0.622. The van der Waals surface area contributed by atoms with E-state index in [4.69, 9.17) is 17.0 Å². The molecule has 0 spiro atoms. The molecule has 4 aliphatic rings. The van der Waals surface area contributed by atoms with E-state index in [1.165, 1.54) is 51.3 Å². The molecule has 4 heterocycles. The molecule has 4 fully saturated rings. The van der Waals surface area contributed by atoms with Gasteiger partial charge in [-0.15, -0.1) is 0 Å². The van der Waals surface area contributed by atoms with Crippen LogP contribution in [0.15, 0.2) is 30.3 Å². The summed E-state index contributed by atoms with van der Waals surface area (Å²) in [5, 5.41) is 7.38. The van der Waals surface area contributed by atoms with Crippen LogP contribution in [0, 0.1) is 11.8 Å². The number of fused-ring (bicyclic) bond motifs is 3. The Balaban J connectivity index is 1.19. The highest BCUT2D eigenvalue weighted by Crippen LogP contribution is 2.36. The number of benzene rings is 1. The van der Waals surface area contributed by atoms with Gasteiger partial charge in [0.15, 0.2) is 5.11 Å². The summed E-state index contributed by atoms with van der Waals surface area (Å²) in [6, 6.07) is 11.5. The van der Waals surface area contributed by atoms with Crippen molar-refractivity contribution in [1.82, 2.24) is 20.4 Å². The first-order valence-corrected chi connectivity index (χ1v) is 11.9. The normalized spacial score (nSPS) is 29.0. The molecular formula is C23H37N5OS. The standard InChI is InChI=1S/C23H37N5OS/c1-29-14-8-24-23(30)25-16-22-15-19-7-9-28(22)18-20(19)17-26-10-12-27(13-11-26)21-5-3-2-4-6-21/h2-6,19-20,22H,7-18H2,1H3,(H2,24,25,30)/t19-,20+,22-/m1/s1. The molecule has 1 aromatic carbocycles. The van der Waals surface area contributed by atoms with Gasteiger partial charge in [-0.05, 0) is 55.6 Å². The number of nitrogens with zero attached hydrogens (tertiary/aromatic N) is 3. The molecule has 4 aliphatic heterocycles. The van der Waals surface area contributed by atoms with Crippen LogP contribution >= 0.6 is 12.2 Å². The van der Waals surface area contributed by atoms with E-state index >= 15 is 0 Å². The number of methoxy groups -OCH3 is 1. The molecule has 30 heavy (non-hydrogen) atoms. The molecule has 2 bridgehead atoms. The van der Waals surface area contributed by atoms with Crippen molar-refractivity contribution in [2.24, 2.45) is 11.8 Å². The van der Waals surface area contributed by atoms with Crippen molar-refractivity contribution in [1.29, 1.82) is 0 Å². The van der Waals surface area contributed by atoms with Crippen LogP contribution < -0.4 is 15.5 Å². The van der Waals surface area contributed by atoms with Crippen LogP contribution in [0.1, 0.15) is 12.8 Å². The molecule has 2 N–H and O–H groups in total. The highest BCUT2D eigenvalue weighted by molar-refractivity contribution is 7.80. The lowest BCUT2D eigenvalue weighted by Crippen LogP contribution is -2.59. The van der Waals surface area contributed by atoms with Crippen LogP contribution in [0.3, 0.4) is 0 Å². The van der Waals surface area contributed by atoms with Gasteiger partial charge in [0, 0.05) is 71.2 Å². The number of piperidine rings is 3.